The minimum absolute atomic E-state index is 0.239. The highest BCUT2D eigenvalue weighted by atomic mass is 32.2. The van der Waals surface area contributed by atoms with Crippen LogP contribution in [0.4, 0.5) is 0 Å². The summed E-state index contributed by atoms with van der Waals surface area (Å²) in [5.74, 6) is 0. The standard InChI is InChI=1S/C20H26O6S/c1-23-19(24-2)13-15-9-5-7-11-17(15)27(21,22)18-12-8-6-10-16(18)14-20(25-3)26-4/h5-12,19-20H,13-14H2,1-4H3. The van der Waals surface area contributed by atoms with Crippen molar-refractivity contribution in [2.24, 2.45) is 0 Å². The van der Waals surface area contributed by atoms with Crippen molar-refractivity contribution in [3.8, 4) is 0 Å². The second kappa shape index (κ2) is 9.96. The molecule has 0 atom stereocenters. The number of methoxy groups -OCH3 is 4. The van der Waals surface area contributed by atoms with E-state index in [9.17, 15) is 8.42 Å². The van der Waals surface area contributed by atoms with Gasteiger partial charge in [0.15, 0.2) is 12.6 Å². The van der Waals surface area contributed by atoms with Crippen LogP contribution in [0.1, 0.15) is 11.1 Å². The van der Waals surface area contributed by atoms with Gasteiger partial charge in [0, 0.05) is 41.3 Å². The number of rotatable bonds is 10. The molecule has 0 amide bonds. The normalized spacial score (nSPS) is 12.1. The summed E-state index contributed by atoms with van der Waals surface area (Å²) in [5.41, 5.74) is 1.27. The van der Waals surface area contributed by atoms with Crippen LogP contribution < -0.4 is 0 Å². The fourth-order valence-electron chi connectivity index (χ4n) is 2.87. The van der Waals surface area contributed by atoms with Gasteiger partial charge in [-0.2, -0.15) is 0 Å². The lowest BCUT2D eigenvalue weighted by molar-refractivity contribution is -0.101. The van der Waals surface area contributed by atoms with Gasteiger partial charge in [-0.05, 0) is 23.3 Å². The van der Waals surface area contributed by atoms with Gasteiger partial charge in [0.1, 0.15) is 0 Å². The van der Waals surface area contributed by atoms with Gasteiger partial charge in [0.25, 0.3) is 0 Å². The van der Waals surface area contributed by atoms with Gasteiger partial charge in [-0.15, -0.1) is 0 Å². The average Bonchev–Trinajstić information content (AvgIpc) is 2.70. The lowest BCUT2D eigenvalue weighted by Gasteiger charge is -2.19. The molecule has 0 N–H and O–H groups in total. The van der Waals surface area contributed by atoms with Gasteiger partial charge in [0.05, 0.1) is 9.79 Å². The van der Waals surface area contributed by atoms with Gasteiger partial charge in [-0.1, -0.05) is 36.4 Å². The predicted octanol–water partition coefficient (Wildman–Crippen LogP) is 2.84. The van der Waals surface area contributed by atoms with Crippen LogP contribution in [0.25, 0.3) is 0 Å². The number of ether oxygens (including phenoxy) is 4. The minimum atomic E-state index is -3.75. The van der Waals surface area contributed by atoms with Crippen molar-refractivity contribution in [2.45, 2.75) is 35.2 Å². The first-order valence-corrected chi connectivity index (χ1v) is 9.98. The van der Waals surface area contributed by atoms with Crippen molar-refractivity contribution in [3.63, 3.8) is 0 Å². The summed E-state index contributed by atoms with van der Waals surface area (Å²) in [5, 5.41) is 0. The molecule has 0 saturated carbocycles. The molecule has 148 valence electrons. The van der Waals surface area contributed by atoms with E-state index >= 15 is 0 Å². The van der Waals surface area contributed by atoms with Crippen molar-refractivity contribution in [1.82, 2.24) is 0 Å². The molecule has 2 aromatic rings. The van der Waals surface area contributed by atoms with E-state index < -0.39 is 22.4 Å². The fourth-order valence-corrected chi connectivity index (χ4v) is 4.62. The summed E-state index contributed by atoms with van der Waals surface area (Å²) in [7, 11) is 2.35. The maximum atomic E-state index is 13.4. The summed E-state index contributed by atoms with van der Waals surface area (Å²) in [6.45, 7) is 0. The van der Waals surface area contributed by atoms with Gasteiger partial charge in [0.2, 0.25) is 9.84 Å². The lowest BCUT2D eigenvalue weighted by Crippen LogP contribution is -2.20. The fraction of sp³-hybridized carbons (Fsp3) is 0.400. The maximum Gasteiger partial charge on any atom is 0.207 e. The predicted molar refractivity (Wildman–Crippen MR) is 101 cm³/mol. The highest BCUT2D eigenvalue weighted by Crippen LogP contribution is 2.28. The zero-order valence-electron chi connectivity index (χ0n) is 16.0. The monoisotopic (exact) mass is 394 g/mol. The first-order chi connectivity index (χ1) is 13.0. The zero-order valence-corrected chi connectivity index (χ0v) is 16.9. The number of hydrogen-bond donors (Lipinski definition) is 0. The lowest BCUT2D eigenvalue weighted by atomic mass is 10.1. The van der Waals surface area contributed by atoms with Gasteiger partial charge in [-0.25, -0.2) is 8.42 Å². The SMILES string of the molecule is COC(Cc1ccccc1S(=O)(=O)c1ccccc1CC(OC)OC)OC. The van der Waals surface area contributed by atoms with Crippen molar-refractivity contribution < 1.29 is 27.4 Å². The van der Waals surface area contributed by atoms with Gasteiger partial charge < -0.3 is 18.9 Å². The Morgan fingerprint density at radius 2 is 1.00 bits per heavy atom. The second-order valence-electron chi connectivity index (χ2n) is 5.93. The largest absolute Gasteiger partial charge is 0.356 e. The van der Waals surface area contributed by atoms with E-state index in [0.717, 1.165) is 0 Å². The molecule has 0 radical (unpaired) electrons. The molecule has 0 fully saturated rings. The molecule has 0 aliphatic rings. The Labute approximate surface area is 160 Å². The molecule has 7 heteroatoms. The highest BCUT2D eigenvalue weighted by Gasteiger charge is 2.26. The molecule has 2 rings (SSSR count). The number of benzene rings is 2. The Bertz CT molecular complexity index is 762. The van der Waals surface area contributed by atoms with E-state index in [1.54, 1.807) is 48.5 Å². The Kier molecular flexibility index (Phi) is 7.94. The first-order valence-electron chi connectivity index (χ1n) is 8.50. The Morgan fingerprint density at radius 1 is 0.667 bits per heavy atom. The van der Waals surface area contributed by atoms with E-state index in [1.165, 1.54) is 28.4 Å². The topological polar surface area (TPSA) is 71.1 Å². The van der Waals surface area contributed by atoms with E-state index in [0.29, 0.717) is 24.0 Å². The second-order valence-corrected chi connectivity index (χ2v) is 7.82. The number of hydrogen-bond acceptors (Lipinski definition) is 6. The van der Waals surface area contributed by atoms with Crippen molar-refractivity contribution in [3.05, 3.63) is 59.7 Å². The summed E-state index contributed by atoms with van der Waals surface area (Å²) in [4.78, 5) is 0.478. The summed E-state index contributed by atoms with van der Waals surface area (Å²) < 4.78 is 47.8. The number of sulfone groups is 1. The van der Waals surface area contributed by atoms with Crippen LogP contribution in [-0.2, 0) is 41.6 Å². The average molecular weight is 394 g/mol. The highest BCUT2D eigenvalue weighted by molar-refractivity contribution is 7.91. The molecule has 0 spiro atoms. The van der Waals surface area contributed by atoms with E-state index in [4.69, 9.17) is 18.9 Å². The molecule has 0 heterocycles. The third-order valence-electron chi connectivity index (χ3n) is 4.35. The molecule has 0 aliphatic carbocycles. The van der Waals surface area contributed by atoms with E-state index in [1.807, 2.05) is 0 Å². The molecule has 0 aromatic heterocycles. The summed E-state index contributed by atoms with van der Waals surface area (Å²) >= 11 is 0. The quantitative estimate of drug-likeness (QED) is 0.577. The van der Waals surface area contributed by atoms with E-state index in [2.05, 4.69) is 0 Å². The first kappa shape index (κ1) is 21.5. The van der Waals surface area contributed by atoms with Crippen LogP contribution in [0.5, 0.6) is 0 Å². The molecule has 0 aliphatic heterocycles. The molecule has 6 nitrogen and oxygen atoms in total. The molecule has 0 saturated heterocycles. The van der Waals surface area contributed by atoms with Crippen LogP contribution in [0, 0.1) is 0 Å². The minimum Gasteiger partial charge on any atom is -0.356 e. The van der Waals surface area contributed by atoms with Crippen molar-refractivity contribution in [2.75, 3.05) is 28.4 Å². The van der Waals surface area contributed by atoms with Gasteiger partial charge in [-0.3, -0.25) is 0 Å². The van der Waals surface area contributed by atoms with Gasteiger partial charge >= 0.3 is 0 Å². The Hall–Kier alpha value is -1.77. The summed E-state index contributed by atoms with van der Waals surface area (Å²) in [6, 6.07) is 13.8. The Morgan fingerprint density at radius 3 is 1.33 bits per heavy atom. The van der Waals surface area contributed by atoms with Crippen LogP contribution in [0.15, 0.2) is 58.3 Å². The van der Waals surface area contributed by atoms with Crippen molar-refractivity contribution in [1.29, 1.82) is 0 Å². The van der Waals surface area contributed by atoms with Crippen LogP contribution >= 0.6 is 0 Å². The smallest absolute Gasteiger partial charge is 0.207 e. The van der Waals surface area contributed by atoms with Crippen LogP contribution in [-0.4, -0.2) is 49.4 Å². The third-order valence-corrected chi connectivity index (χ3v) is 6.30. The van der Waals surface area contributed by atoms with Crippen LogP contribution in [0.2, 0.25) is 0 Å². The Balaban J connectivity index is 2.49. The molecular formula is C20H26O6S. The molecule has 0 bridgehead atoms. The third kappa shape index (κ3) is 5.15. The zero-order chi connectivity index (χ0) is 19.9. The molecule has 2 aromatic carbocycles. The van der Waals surface area contributed by atoms with Crippen LogP contribution in [0.3, 0.4) is 0 Å². The van der Waals surface area contributed by atoms with E-state index in [-0.39, 0.29) is 9.79 Å². The molecular weight excluding hydrogens is 368 g/mol. The molecule has 27 heavy (non-hydrogen) atoms. The molecule has 0 unspecified atom stereocenters. The summed E-state index contributed by atoms with van der Waals surface area (Å²) in [6.07, 6.45) is -0.405. The van der Waals surface area contributed by atoms with Crippen molar-refractivity contribution >= 4 is 9.84 Å². The maximum absolute atomic E-state index is 13.4.